The zero-order valence-corrected chi connectivity index (χ0v) is 18.7. The number of carbonyl (C=O) groups excluding carboxylic acids is 1. The minimum absolute atomic E-state index is 0.245. The molecule has 0 N–H and O–H groups in total. The zero-order valence-electron chi connectivity index (χ0n) is 17.1. The van der Waals surface area contributed by atoms with Crippen molar-refractivity contribution in [3.05, 3.63) is 90.0 Å². The van der Waals surface area contributed by atoms with Crippen LogP contribution in [0, 0.1) is 6.92 Å². The Morgan fingerprint density at radius 1 is 1.00 bits per heavy atom. The first kappa shape index (κ1) is 21.2. The van der Waals surface area contributed by atoms with Crippen LogP contribution in [0.2, 0.25) is 0 Å². The maximum Gasteiger partial charge on any atom is 0.308 e. The number of esters is 1. The highest BCUT2D eigenvalue weighted by Gasteiger charge is 2.37. The molecule has 3 aromatic rings. The van der Waals surface area contributed by atoms with Gasteiger partial charge in [0.2, 0.25) is 0 Å². The lowest BCUT2D eigenvalue weighted by Crippen LogP contribution is -2.34. The molecular weight excluding hydrogens is 430 g/mol. The molecule has 0 fully saturated rings. The summed E-state index contributed by atoms with van der Waals surface area (Å²) in [6.45, 7) is 3.27. The molecule has 0 aliphatic carbocycles. The van der Waals surface area contributed by atoms with E-state index in [0.29, 0.717) is 17.0 Å². The van der Waals surface area contributed by atoms with Crippen molar-refractivity contribution < 1.29 is 17.9 Å². The molecule has 0 aromatic heterocycles. The van der Waals surface area contributed by atoms with Crippen LogP contribution in [0.15, 0.2) is 88.7 Å². The smallest absolute Gasteiger partial charge is 0.308 e. The first-order chi connectivity index (χ1) is 14.9. The first-order valence-corrected chi connectivity index (χ1v) is 12.0. The standard InChI is InChI=1S/C24H21NO4S2/c1-17-11-14-20(15-12-17)31(27,28)25-21-8-4-6-10-23(21)30-24(25)16-13-19-7-3-5-9-22(19)29-18(2)26/h3-16,24H,1-2H3/b16-13+. The van der Waals surface area contributed by atoms with Crippen LogP contribution in [0.25, 0.3) is 6.08 Å². The van der Waals surface area contributed by atoms with Gasteiger partial charge in [-0.3, -0.25) is 4.79 Å². The normalized spacial score (nSPS) is 15.8. The highest BCUT2D eigenvalue weighted by Crippen LogP contribution is 2.46. The molecule has 0 spiro atoms. The average molecular weight is 452 g/mol. The van der Waals surface area contributed by atoms with Crippen molar-refractivity contribution >= 4 is 39.5 Å². The van der Waals surface area contributed by atoms with Crippen molar-refractivity contribution in [2.45, 2.75) is 29.0 Å². The predicted octanol–water partition coefficient (Wildman–Crippen LogP) is 5.26. The number of nitrogens with zero attached hydrogens (tertiary/aromatic N) is 1. The molecule has 31 heavy (non-hydrogen) atoms. The number of rotatable bonds is 5. The largest absolute Gasteiger partial charge is 0.426 e. The minimum atomic E-state index is -3.78. The van der Waals surface area contributed by atoms with Gasteiger partial charge in [0, 0.05) is 17.4 Å². The Labute approximate surface area is 186 Å². The molecule has 158 valence electrons. The lowest BCUT2D eigenvalue weighted by molar-refractivity contribution is -0.131. The number of carbonyl (C=O) groups is 1. The second-order valence-electron chi connectivity index (χ2n) is 7.08. The number of hydrogen-bond donors (Lipinski definition) is 0. The van der Waals surface area contributed by atoms with Crippen LogP contribution in [-0.2, 0) is 14.8 Å². The molecular formula is C24H21NO4S2. The van der Waals surface area contributed by atoms with Gasteiger partial charge in [0.1, 0.15) is 11.1 Å². The number of ether oxygens (including phenoxy) is 1. The molecule has 7 heteroatoms. The summed E-state index contributed by atoms with van der Waals surface area (Å²) >= 11 is 1.46. The van der Waals surface area contributed by atoms with Gasteiger partial charge in [-0.05, 0) is 43.3 Å². The summed E-state index contributed by atoms with van der Waals surface area (Å²) < 4.78 is 33.8. The average Bonchev–Trinajstić information content (AvgIpc) is 3.12. The molecule has 0 bridgehead atoms. The van der Waals surface area contributed by atoms with E-state index in [-0.39, 0.29) is 4.90 Å². The fourth-order valence-electron chi connectivity index (χ4n) is 3.31. The van der Waals surface area contributed by atoms with Crippen LogP contribution < -0.4 is 9.04 Å². The lowest BCUT2D eigenvalue weighted by Gasteiger charge is -2.24. The van der Waals surface area contributed by atoms with E-state index in [2.05, 4.69) is 0 Å². The third-order valence-electron chi connectivity index (χ3n) is 4.77. The molecule has 5 nitrogen and oxygen atoms in total. The van der Waals surface area contributed by atoms with Gasteiger partial charge in [0.25, 0.3) is 10.0 Å². The van der Waals surface area contributed by atoms with Gasteiger partial charge in [-0.2, -0.15) is 0 Å². The van der Waals surface area contributed by atoms with Crippen LogP contribution in [-0.4, -0.2) is 19.8 Å². The van der Waals surface area contributed by atoms with Gasteiger partial charge in [0.05, 0.1) is 10.6 Å². The van der Waals surface area contributed by atoms with Gasteiger partial charge in [-0.15, -0.1) is 0 Å². The van der Waals surface area contributed by atoms with Crippen LogP contribution in [0.3, 0.4) is 0 Å². The third kappa shape index (κ3) is 4.38. The molecule has 0 saturated carbocycles. The van der Waals surface area contributed by atoms with E-state index in [1.807, 2.05) is 49.4 Å². The number of anilines is 1. The Kier molecular flexibility index (Phi) is 5.89. The first-order valence-electron chi connectivity index (χ1n) is 9.69. The van der Waals surface area contributed by atoms with Crippen molar-refractivity contribution in [1.29, 1.82) is 0 Å². The van der Waals surface area contributed by atoms with Crippen LogP contribution in [0.1, 0.15) is 18.1 Å². The molecule has 0 saturated heterocycles. The number of thioether (sulfide) groups is 1. The fourth-order valence-corrected chi connectivity index (χ4v) is 6.38. The van der Waals surface area contributed by atoms with Crippen molar-refractivity contribution in [3.63, 3.8) is 0 Å². The number of para-hydroxylation sites is 2. The molecule has 4 rings (SSSR count). The van der Waals surface area contributed by atoms with Crippen LogP contribution >= 0.6 is 11.8 Å². The van der Waals surface area contributed by atoms with Crippen molar-refractivity contribution in [1.82, 2.24) is 0 Å². The zero-order chi connectivity index (χ0) is 22.0. The number of benzene rings is 3. The molecule has 1 unspecified atom stereocenters. The van der Waals surface area contributed by atoms with E-state index in [9.17, 15) is 13.2 Å². The Bertz CT molecular complexity index is 1250. The van der Waals surface area contributed by atoms with E-state index in [1.165, 1.54) is 23.0 Å². The number of fused-ring (bicyclic) bond motifs is 1. The lowest BCUT2D eigenvalue weighted by atomic mass is 10.2. The molecule has 0 amide bonds. The Morgan fingerprint density at radius 3 is 2.42 bits per heavy atom. The fraction of sp³-hybridized carbons (Fsp3) is 0.125. The summed E-state index contributed by atoms with van der Waals surface area (Å²) in [5.41, 5.74) is 2.34. The Balaban J connectivity index is 1.73. The highest BCUT2D eigenvalue weighted by atomic mass is 32.2. The van der Waals surface area contributed by atoms with Crippen molar-refractivity contribution in [3.8, 4) is 5.75 Å². The number of hydrogen-bond acceptors (Lipinski definition) is 5. The molecule has 1 aliphatic rings. The van der Waals surface area contributed by atoms with Gasteiger partial charge < -0.3 is 4.74 Å². The summed E-state index contributed by atoms with van der Waals surface area (Å²) in [5.74, 6) is 0.0202. The van der Waals surface area contributed by atoms with E-state index in [4.69, 9.17) is 4.74 Å². The summed E-state index contributed by atoms with van der Waals surface area (Å²) in [5, 5.41) is -0.478. The third-order valence-corrected chi connectivity index (χ3v) is 7.92. The molecule has 1 atom stereocenters. The second kappa shape index (κ2) is 8.61. The minimum Gasteiger partial charge on any atom is -0.426 e. The van der Waals surface area contributed by atoms with E-state index in [1.54, 1.807) is 42.5 Å². The van der Waals surface area contributed by atoms with Crippen LogP contribution in [0.4, 0.5) is 5.69 Å². The van der Waals surface area contributed by atoms with Gasteiger partial charge in [0.15, 0.2) is 0 Å². The van der Waals surface area contributed by atoms with Gasteiger partial charge in [-0.1, -0.05) is 65.9 Å². The highest BCUT2D eigenvalue weighted by molar-refractivity contribution is 8.03. The van der Waals surface area contributed by atoms with Crippen molar-refractivity contribution in [2.75, 3.05) is 4.31 Å². The maximum atomic E-state index is 13.6. The molecule has 1 aliphatic heterocycles. The summed E-state index contributed by atoms with van der Waals surface area (Å²) in [4.78, 5) is 12.5. The van der Waals surface area contributed by atoms with Crippen molar-refractivity contribution in [2.24, 2.45) is 0 Å². The summed E-state index contributed by atoms with van der Waals surface area (Å²) in [7, 11) is -3.78. The molecule has 1 heterocycles. The van der Waals surface area contributed by atoms with E-state index < -0.39 is 21.4 Å². The van der Waals surface area contributed by atoms with Gasteiger partial charge in [-0.25, -0.2) is 12.7 Å². The predicted molar refractivity (Wildman–Crippen MR) is 124 cm³/mol. The summed E-state index contributed by atoms with van der Waals surface area (Å²) in [6, 6.07) is 21.5. The summed E-state index contributed by atoms with van der Waals surface area (Å²) in [6.07, 6.45) is 3.61. The number of sulfonamides is 1. The Hall–Kier alpha value is -3.03. The molecule has 0 radical (unpaired) electrons. The maximum absolute atomic E-state index is 13.6. The quantitative estimate of drug-likeness (QED) is 0.391. The molecule has 3 aromatic carbocycles. The van der Waals surface area contributed by atoms with Gasteiger partial charge >= 0.3 is 5.97 Å². The van der Waals surface area contributed by atoms with Crippen LogP contribution in [0.5, 0.6) is 5.75 Å². The topological polar surface area (TPSA) is 63.7 Å². The second-order valence-corrected chi connectivity index (χ2v) is 10.1. The van der Waals surface area contributed by atoms with E-state index >= 15 is 0 Å². The monoisotopic (exact) mass is 451 g/mol. The SMILES string of the molecule is CC(=O)Oc1ccccc1/C=C/C1Sc2ccccc2N1S(=O)(=O)c1ccc(C)cc1. The Morgan fingerprint density at radius 2 is 1.68 bits per heavy atom. The van der Waals surface area contributed by atoms with E-state index in [0.717, 1.165) is 10.5 Å². The number of aryl methyl sites for hydroxylation is 1.